The number of fused-ring (bicyclic) bond motifs is 1. The molecule has 2 bridgehead atoms. The Morgan fingerprint density at radius 1 is 1.12 bits per heavy atom. The fraction of sp³-hybridized carbons (Fsp3) is 0.629. The van der Waals surface area contributed by atoms with E-state index in [9.17, 15) is 19.5 Å². The molecular formula is C35H51N3O5. The molecule has 1 spiro atoms. The van der Waals surface area contributed by atoms with Gasteiger partial charge in [-0.25, -0.2) is 0 Å². The van der Waals surface area contributed by atoms with Crippen LogP contribution in [-0.4, -0.2) is 86.0 Å². The number of aliphatic hydroxyl groups is 1. The van der Waals surface area contributed by atoms with Crippen molar-refractivity contribution in [2.75, 3.05) is 19.7 Å². The molecule has 3 aliphatic rings. The summed E-state index contributed by atoms with van der Waals surface area (Å²) in [5, 5.41) is 10.6. The van der Waals surface area contributed by atoms with Crippen LogP contribution < -0.4 is 0 Å². The lowest BCUT2D eigenvalue weighted by atomic mass is 9.64. The van der Waals surface area contributed by atoms with Gasteiger partial charge in [0.2, 0.25) is 17.7 Å². The highest BCUT2D eigenvalue weighted by atomic mass is 16.5. The van der Waals surface area contributed by atoms with Crippen LogP contribution in [0, 0.1) is 17.8 Å². The van der Waals surface area contributed by atoms with Gasteiger partial charge in [-0.3, -0.25) is 14.4 Å². The van der Waals surface area contributed by atoms with E-state index < -0.39 is 40.7 Å². The molecule has 3 heterocycles. The van der Waals surface area contributed by atoms with Crippen molar-refractivity contribution >= 4 is 17.7 Å². The van der Waals surface area contributed by atoms with Crippen LogP contribution in [-0.2, 0) is 25.7 Å². The first-order valence-corrected chi connectivity index (χ1v) is 15.8. The molecule has 0 radical (unpaired) electrons. The topological polar surface area (TPSA) is 90.4 Å². The molecule has 0 saturated carbocycles. The maximum Gasteiger partial charge on any atom is 0.249 e. The molecule has 236 valence electrons. The Balaban J connectivity index is 1.85. The summed E-state index contributed by atoms with van der Waals surface area (Å²) in [7, 11) is 0. The van der Waals surface area contributed by atoms with Crippen LogP contribution >= 0.6 is 0 Å². The van der Waals surface area contributed by atoms with E-state index in [1.54, 1.807) is 26.9 Å². The Morgan fingerprint density at radius 3 is 2.30 bits per heavy atom. The highest BCUT2D eigenvalue weighted by Crippen LogP contribution is 2.65. The monoisotopic (exact) mass is 593 g/mol. The number of carbonyl (C=O) groups excluding carboxylic acids is 3. The van der Waals surface area contributed by atoms with Crippen LogP contribution in [0.15, 0.2) is 55.6 Å². The second kappa shape index (κ2) is 12.6. The molecule has 4 rings (SSSR count). The number of rotatable bonds is 13. The first-order valence-electron chi connectivity index (χ1n) is 15.8. The molecule has 0 aromatic heterocycles. The van der Waals surface area contributed by atoms with E-state index >= 15 is 0 Å². The second-order valence-corrected chi connectivity index (χ2v) is 13.9. The van der Waals surface area contributed by atoms with Gasteiger partial charge in [-0.1, -0.05) is 63.3 Å². The predicted octanol–water partition coefficient (Wildman–Crippen LogP) is 4.58. The zero-order valence-electron chi connectivity index (χ0n) is 26.9. The number of carbonyl (C=O) groups is 3. The maximum absolute atomic E-state index is 14.8. The van der Waals surface area contributed by atoms with Gasteiger partial charge in [0.25, 0.3) is 0 Å². The zero-order valence-corrected chi connectivity index (χ0v) is 26.9. The average Bonchev–Trinajstić information content (AvgIpc) is 3.57. The molecule has 1 aromatic rings. The molecule has 3 saturated heterocycles. The standard InChI is InChI=1S/C35H51N3O5/c1-9-19-36(22-25-15-13-12-14-16-25)30(40)27-28-31(41)38(26(23-39)21-24(4)5)29(32(42)37(20-10-2)33(6,7)8)35(28)18-17-34(27,11-3)43-35/h9-10,12-16,24,26-29,39H,1-2,11,17-23H2,3-8H3/t26-,27+,28+,29?,34-,35?/m1/s1. The van der Waals surface area contributed by atoms with E-state index in [4.69, 9.17) is 4.74 Å². The molecule has 6 atom stereocenters. The summed E-state index contributed by atoms with van der Waals surface area (Å²) in [5.41, 5.74) is -1.58. The quantitative estimate of drug-likeness (QED) is 0.339. The SMILES string of the molecule is C=CCN(Cc1ccccc1)C(=O)[C@@H]1[C@H]2C(=O)N([C@@H](CO)CC(C)C)C(C(=O)N(CC=C)C(C)(C)C)C23CC[C@@]1(CC)O3. The fourth-order valence-corrected chi connectivity index (χ4v) is 7.88. The molecule has 0 aliphatic carbocycles. The van der Waals surface area contributed by atoms with Gasteiger partial charge < -0.3 is 24.5 Å². The third kappa shape index (κ3) is 5.68. The largest absolute Gasteiger partial charge is 0.394 e. The highest BCUT2D eigenvalue weighted by molar-refractivity contribution is 5.99. The molecule has 43 heavy (non-hydrogen) atoms. The Kier molecular flexibility index (Phi) is 9.62. The van der Waals surface area contributed by atoms with Gasteiger partial charge in [0, 0.05) is 25.2 Å². The minimum absolute atomic E-state index is 0.151. The number of ether oxygens (including phenoxy) is 1. The Labute approximate surface area is 257 Å². The minimum Gasteiger partial charge on any atom is -0.394 e. The smallest absolute Gasteiger partial charge is 0.249 e. The van der Waals surface area contributed by atoms with Crippen LogP contribution in [0.2, 0.25) is 0 Å². The van der Waals surface area contributed by atoms with Crippen LogP contribution in [0.3, 0.4) is 0 Å². The number of likely N-dealkylation sites (tertiary alicyclic amines) is 1. The van der Waals surface area contributed by atoms with Crippen molar-refractivity contribution in [1.82, 2.24) is 14.7 Å². The van der Waals surface area contributed by atoms with E-state index in [1.807, 2.05) is 71.9 Å². The lowest BCUT2D eigenvalue weighted by Crippen LogP contribution is -2.61. The van der Waals surface area contributed by atoms with Crippen molar-refractivity contribution in [2.24, 2.45) is 17.8 Å². The Morgan fingerprint density at radius 2 is 1.77 bits per heavy atom. The van der Waals surface area contributed by atoms with E-state index in [-0.39, 0.29) is 30.2 Å². The molecule has 3 aliphatic heterocycles. The average molecular weight is 594 g/mol. The molecule has 3 amide bonds. The lowest BCUT2D eigenvalue weighted by Gasteiger charge is -2.43. The van der Waals surface area contributed by atoms with Gasteiger partial charge >= 0.3 is 0 Å². The van der Waals surface area contributed by atoms with Gasteiger partial charge in [-0.2, -0.15) is 0 Å². The fourth-order valence-electron chi connectivity index (χ4n) is 7.88. The third-order valence-electron chi connectivity index (χ3n) is 9.73. The number of hydrogen-bond acceptors (Lipinski definition) is 5. The molecule has 3 fully saturated rings. The first kappa shape index (κ1) is 32.9. The van der Waals surface area contributed by atoms with E-state index in [0.717, 1.165) is 5.56 Å². The van der Waals surface area contributed by atoms with Gasteiger partial charge in [0.1, 0.15) is 11.6 Å². The molecular weight excluding hydrogens is 542 g/mol. The summed E-state index contributed by atoms with van der Waals surface area (Å²) in [6.07, 6.45) is 5.56. The molecule has 8 heteroatoms. The summed E-state index contributed by atoms with van der Waals surface area (Å²) in [6, 6.07) is 8.26. The van der Waals surface area contributed by atoms with Crippen molar-refractivity contribution in [2.45, 2.75) is 103 Å². The number of nitrogens with zero attached hydrogens (tertiary/aromatic N) is 3. The van der Waals surface area contributed by atoms with Crippen molar-refractivity contribution < 1.29 is 24.2 Å². The number of benzene rings is 1. The lowest BCUT2D eigenvalue weighted by molar-refractivity contribution is -0.160. The van der Waals surface area contributed by atoms with Crippen LogP contribution in [0.5, 0.6) is 0 Å². The number of amides is 3. The molecule has 1 aromatic carbocycles. The van der Waals surface area contributed by atoms with Crippen molar-refractivity contribution in [1.29, 1.82) is 0 Å². The molecule has 8 nitrogen and oxygen atoms in total. The molecule has 1 N–H and O–H groups in total. The Hall–Kier alpha value is -2.97. The van der Waals surface area contributed by atoms with Crippen molar-refractivity contribution in [3.8, 4) is 0 Å². The summed E-state index contributed by atoms with van der Waals surface area (Å²) in [6.45, 7) is 20.5. The van der Waals surface area contributed by atoms with Gasteiger partial charge in [-0.05, 0) is 57.9 Å². The van der Waals surface area contributed by atoms with Crippen molar-refractivity contribution in [3.63, 3.8) is 0 Å². The van der Waals surface area contributed by atoms with E-state index in [1.165, 1.54) is 0 Å². The van der Waals surface area contributed by atoms with Gasteiger partial charge in [-0.15, -0.1) is 13.2 Å². The summed E-state index contributed by atoms with van der Waals surface area (Å²) < 4.78 is 7.02. The summed E-state index contributed by atoms with van der Waals surface area (Å²) in [5.74, 6) is -2.03. The third-order valence-corrected chi connectivity index (χ3v) is 9.73. The predicted molar refractivity (Wildman–Crippen MR) is 168 cm³/mol. The highest BCUT2D eigenvalue weighted by Gasteiger charge is 2.79. The number of aliphatic hydroxyl groups excluding tert-OH is 1. The second-order valence-electron chi connectivity index (χ2n) is 13.9. The van der Waals surface area contributed by atoms with Crippen molar-refractivity contribution in [3.05, 3.63) is 61.2 Å². The summed E-state index contributed by atoms with van der Waals surface area (Å²) >= 11 is 0. The molecule has 2 unspecified atom stereocenters. The zero-order chi connectivity index (χ0) is 31.7. The van der Waals surface area contributed by atoms with Crippen LogP contribution in [0.1, 0.15) is 72.8 Å². The maximum atomic E-state index is 14.8. The van der Waals surface area contributed by atoms with E-state index in [0.29, 0.717) is 45.3 Å². The number of hydrogen-bond donors (Lipinski definition) is 1. The van der Waals surface area contributed by atoms with Gasteiger partial charge in [0.15, 0.2) is 0 Å². The summed E-state index contributed by atoms with van der Waals surface area (Å²) in [4.78, 5) is 49.2. The normalized spacial score (nSPS) is 28.6. The first-order chi connectivity index (χ1) is 20.3. The van der Waals surface area contributed by atoms with Crippen LogP contribution in [0.25, 0.3) is 0 Å². The Bertz CT molecular complexity index is 1210. The van der Waals surface area contributed by atoms with E-state index in [2.05, 4.69) is 13.2 Å². The van der Waals surface area contributed by atoms with Gasteiger partial charge in [0.05, 0.1) is 30.1 Å². The van der Waals surface area contributed by atoms with Crippen LogP contribution in [0.4, 0.5) is 0 Å². The minimum atomic E-state index is -1.16.